The lowest BCUT2D eigenvalue weighted by molar-refractivity contribution is 0.0516. The molecule has 0 heterocycles. The number of methoxy groups -OCH3 is 1. The van der Waals surface area contributed by atoms with E-state index < -0.39 is 22.9 Å². The number of nitrogens with one attached hydrogen (secondary N) is 1. The van der Waals surface area contributed by atoms with Crippen molar-refractivity contribution in [3.8, 4) is 5.75 Å². The Kier molecular flexibility index (Phi) is 5.77. The minimum atomic E-state index is -0.567. The third-order valence-electron chi connectivity index (χ3n) is 3.32. The van der Waals surface area contributed by atoms with Crippen molar-refractivity contribution in [1.29, 1.82) is 0 Å². The minimum Gasteiger partial charge on any atom is -0.494 e. The lowest BCUT2D eigenvalue weighted by Crippen LogP contribution is -2.45. The number of hydrogen-bond acceptors (Lipinski definition) is 4. The standard InChI is InChI=1S/C16H25FN2O3/c1-15(2,3)22-14(20)19-10-16(4,9-18)11-6-7-12(17)13(8-11)21-5/h6-8H,9-10,18H2,1-5H3,(H,19,20). The molecule has 22 heavy (non-hydrogen) atoms. The first-order valence-electron chi connectivity index (χ1n) is 7.12. The Morgan fingerprint density at radius 1 is 1.32 bits per heavy atom. The number of rotatable bonds is 5. The summed E-state index contributed by atoms with van der Waals surface area (Å²) in [6.45, 7) is 7.81. The van der Waals surface area contributed by atoms with E-state index in [1.54, 1.807) is 32.9 Å². The molecule has 0 aromatic heterocycles. The summed E-state index contributed by atoms with van der Waals surface area (Å²) < 4.78 is 23.7. The second-order valence-corrected chi connectivity index (χ2v) is 6.47. The van der Waals surface area contributed by atoms with E-state index in [0.717, 1.165) is 5.56 Å². The molecule has 1 amide bonds. The molecule has 5 nitrogen and oxygen atoms in total. The van der Waals surface area contributed by atoms with E-state index in [-0.39, 0.29) is 18.8 Å². The molecule has 1 atom stereocenters. The number of carbonyl (C=O) groups excluding carboxylic acids is 1. The molecule has 1 unspecified atom stereocenters. The van der Waals surface area contributed by atoms with Crippen LogP contribution in [0, 0.1) is 5.82 Å². The van der Waals surface area contributed by atoms with E-state index in [4.69, 9.17) is 15.2 Å². The molecule has 1 rings (SSSR count). The highest BCUT2D eigenvalue weighted by Gasteiger charge is 2.28. The van der Waals surface area contributed by atoms with E-state index >= 15 is 0 Å². The van der Waals surface area contributed by atoms with Crippen molar-refractivity contribution >= 4 is 6.09 Å². The van der Waals surface area contributed by atoms with Crippen molar-refractivity contribution < 1.29 is 18.7 Å². The van der Waals surface area contributed by atoms with Crippen molar-refractivity contribution in [1.82, 2.24) is 5.32 Å². The van der Waals surface area contributed by atoms with Gasteiger partial charge in [0.1, 0.15) is 5.60 Å². The number of halogens is 1. The monoisotopic (exact) mass is 312 g/mol. The molecule has 0 aliphatic carbocycles. The Morgan fingerprint density at radius 3 is 2.45 bits per heavy atom. The highest BCUT2D eigenvalue weighted by molar-refractivity contribution is 5.67. The molecule has 0 saturated heterocycles. The molecule has 3 N–H and O–H groups in total. The van der Waals surface area contributed by atoms with Crippen molar-refractivity contribution in [2.45, 2.75) is 38.7 Å². The smallest absolute Gasteiger partial charge is 0.407 e. The first-order chi connectivity index (χ1) is 10.1. The van der Waals surface area contributed by atoms with Crippen molar-refractivity contribution in [3.63, 3.8) is 0 Å². The lowest BCUT2D eigenvalue weighted by atomic mass is 9.82. The first-order valence-corrected chi connectivity index (χ1v) is 7.12. The van der Waals surface area contributed by atoms with E-state index in [0.29, 0.717) is 0 Å². The van der Waals surface area contributed by atoms with Gasteiger partial charge in [-0.2, -0.15) is 0 Å². The Labute approximate surface area is 131 Å². The summed E-state index contributed by atoms with van der Waals surface area (Å²) in [6, 6.07) is 4.57. The van der Waals surface area contributed by atoms with Gasteiger partial charge < -0.3 is 20.5 Å². The number of benzene rings is 1. The largest absolute Gasteiger partial charge is 0.494 e. The highest BCUT2D eigenvalue weighted by atomic mass is 19.1. The van der Waals surface area contributed by atoms with E-state index in [9.17, 15) is 9.18 Å². The summed E-state index contributed by atoms with van der Waals surface area (Å²) in [4.78, 5) is 11.8. The van der Waals surface area contributed by atoms with Gasteiger partial charge in [0, 0.05) is 18.5 Å². The predicted octanol–water partition coefficient (Wildman–Crippen LogP) is 2.58. The molecule has 0 aliphatic rings. The Morgan fingerprint density at radius 2 is 1.95 bits per heavy atom. The van der Waals surface area contributed by atoms with Crippen LogP contribution in [0.3, 0.4) is 0 Å². The number of hydrogen-bond donors (Lipinski definition) is 2. The molecule has 6 heteroatoms. The fraction of sp³-hybridized carbons (Fsp3) is 0.562. The van der Waals surface area contributed by atoms with Crippen LogP contribution in [0.1, 0.15) is 33.3 Å². The summed E-state index contributed by atoms with van der Waals surface area (Å²) in [5.41, 5.74) is 5.51. The van der Waals surface area contributed by atoms with Gasteiger partial charge in [-0.1, -0.05) is 13.0 Å². The van der Waals surface area contributed by atoms with Gasteiger partial charge in [-0.15, -0.1) is 0 Å². The van der Waals surface area contributed by atoms with Gasteiger partial charge >= 0.3 is 6.09 Å². The van der Waals surface area contributed by atoms with Gasteiger partial charge in [0.15, 0.2) is 11.6 Å². The number of nitrogens with two attached hydrogens (primary N) is 1. The highest BCUT2D eigenvalue weighted by Crippen LogP contribution is 2.27. The fourth-order valence-electron chi connectivity index (χ4n) is 1.91. The maximum atomic E-state index is 13.5. The molecular weight excluding hydrogens is 287 g/mol. The molecule has 0 aliphatic heterocycles. The molecular formula is C16H25FN2O3. The van der Waals surface area contributed by atoms with Gasteiger partial charge in [-0.05, 0) is 38.5 Å². The van der Waals surface area contributed by atoms with Crippen molar-refractivity contribution in [2.24, 2.45) is 5.73 Å². The average molecular weight is 312 g/mol. The summed E-state index contributed by atoms with van der Waals surface area (Å²) in [5.74, 6) is -0.292. The number of carbonyl (C=O) groups is 1. The summed E-state index contributed by atoms with van der Waals surface area (Å²) in [5, 5.41) is 2.71. The molecule has 0 spiro atoms. The summed E-state index contributed by atoms with van der Waals surface area (Å²) >= 11 is 0. The SMILES string of the molecule is COc1cc(C(C)(CN)CNC(=O)OC(C)(C)C)ccc1F. The van der Waals surface area contributed by atoms with Crippen LogP contribution in [0.4, 0.5) is 9.18 Å². The molecule has 1 aromatic rings. The first kappa shape index (κ1) is 18.2. The molecule has 0 bridgehead atoms. The second-order valence-electron chi connectivity index (χ2n) is 6.47. The van der Waals surface area contributed by atoms with Crippen LogP contribution in [0.2, 0.25) is 0 Å². The molecule has 0 fully saturated rings. The van der Waals surface area contributed by atoms with Gasteiger partial charge in [-0.3, -0.25) is 0 Å². The lowest BCUT2D eigenvalue weighted by Gasteiger charge is -2.30. The van der Waals surface area contributed by atoms with Gasteiger partial charge in [0.2, 0.25) is 0 Å². The van der Waals surface area contributed by atoms with Crippen molar-refractivity contribution in [3.05, 3.63) is 29.6 Å². The maximum absolute atomic E-state index is 13.5. The Balaban J connectivity index is 2.86. The van der Waals surface area contributed by atoms with Crippen LogP contribution in [-0.2, 0) is 10.2 Å². The Bertz CT molecular complexity index is 529. The molecule has 1 aromatic carbocycles. The molecule has 124 valence electrons. The minimum absolute atomic E-state index is 0.148. The topological polar surface area (TPSA) is 73.6 Å². The number of amides is 1. The third kappa shape index (κ3) is 4.87. The maximum Gasteiger partial charge on any atom is 0.407 e. The molecule has 0 saturated carbocycles. The van der Waals surface area contributed by atoms with E-state index in [1.165, 1.54) is 13.2 Å². The van der Waals surface area contributed by atoms with Crippen LogP contribution in [-0.4, -0.2) is 31.9 Å². The zero-order valence-corrected chi connectivity index (χ0v) is 13.8. The summed E-state index contributed by atoms with van der Waals surface area (Å²) in [7, 11) is 1.40. The summed E-state index contributed by atoms with van der Waals surface area (Å²) in [6.07, 6.45) is -0.513. The quantitative estimate of drug-likeness (QED) is 0.876. The van der Waals surface area contributed by atoms with Crippen LogP contribution >= 0.6 is 0 Å². The number of ether oxygens (including phenoxy) is 2. The van der Waals surface area contributed by atoms with Crippen LogP contribution in [0.5, 0.6) is 5.75 Å². The fourth-order valence-corrected chi connectivity index (χ4v) is 1.91. The normalized spacial score (nSPS) is 14.1. The zero-order valence-electron chi connectivity index (χ0n) is 13.8. The predicted molar refractivity (Wildman–Crippen MR) is 83.6 cm³/mol. The van der Waals surface area contributed by atoms with E-state index in [1.807, 2.05) is 6.92 Å². The zero-order chi connectivity index (χ0) is 17.0. The van der Waals surface area contributed by atoms with Crippen LogP contribution in [0.25, 0.3) is 0 Å². The van der Waals surface area contributed by atoms with Gasteiger partial charge in [0.05, 0.1) is 7.11 Å². The van der Waals surface area contributed by atoms with Crippen molar-refractivity contribution in [2.75, 3.05) is 20.2 Å². The van der Waals surface area contributed by atoms with Crippen LogP contribution < -0.4 is 15.8 Å². The van der Waals surface area contributed by atoms with Gasteiger partial charge in [-0.25, -0.2) is 9.18 Å². The van der Waals surface area contributed by atoms with Crippen LogP contribution in [0.15, 0.2) is 18.2 Å². The second kappa shape index (κ2) is 6.96. The van der Waals surface area contributed by atoms with Gasteiger partial charge in [0.25, 0.3) is 0 Å². The Hall–Kier alpha value is -1.82. The molecule has 0 radical (unpaired) electrons. The van der Waals surface area contributed by atoms with E-state index in [2.05, 4.69) is 5.32 Å². The average Bonchev–Trinajstić information content (AvgIpc) is 2.43. The number of alkyl carbamates (subject to hydrolysis) is 1. The third-order valence-corrected chi connectivity index (χ3v) is 3.32.